The predicted octanol–water partition coefficient (Wildman–Crippen LogP) is 2.29. The van der Waals surface area contributed by atoms with E-state index >= 15 is 0 Å². The van der Waals surface area contributed by atoms with Gasteiger partial charge in [-0.1, -0.05) is 29.9 Å². The van der Waals surface area contributed by atoms with E-state index in [1.165, 1.54) is 16.2 Å². The lowest BCUT2D eigenvalue weighted by molar-refractivity contribution is 0.0538. The summed E-state index contributed by atoms with van der Waals surface area (Å²) < 4.78 is 5.69. The second kappa shape index (κ2) is 11.7. The number of anilines is 1. The molecule has 0 unspecified atom stereocenters. The standard InChI is InChI=1S/C23H32ClN7O5S/c1-4-14-18(24)29-19(27-14)21(33)28-15-7-10-31(11-16(15)36-3)22-25-12(2)17(37-22)20(32)26-13-5-8-30(9-6-13)23(34)35/h13,15-16H,4-11H2,1-3H3,(H,26,32)(H,27,29)(H,28,33)(H,34,35)/t15-,16+/m0/s1. The lowest BCUT2D eigenvalue weighted by Crippen LogP contribution is -2.55. The summed E-state index contributed by atoms with van der Waals surface area (Å²) in [7, 11) is 1.61. The van der Waals surface area contributed by atoms with Crippen molar-refractivity contribution >= 4 is 46.0 Å². The molecule has 2 aromatic heterocycles. The summed E-state index contributed by atoms with van der Waals surface area (Å²) in [5, 5.41) is 16.2. The van der Waals surface area contributed by atoms with E-state index in [2.05, 4.69) is 30.5 Å². The van der Waals surface area contributed by atoms with E-state index in [0.717, 1.165) is 10.8 Å². The Morgan fingerprint density at radius 3 is 2.51 bits per heavy atom. The van der Waals surface area contributed by atoms with Gasteiger partial charge in [-0.05, 0) is 32.6 Å². The molecule has 2 aliphatic rings. The molecule has 37 heavy (non-hydrogen) atoms. The number of carbonyl (C=O) groups is 3. The van der Waals surface area contributed by atoms with Crippen molar-refractivity contribution in [2.45, 2.75) is 57.7 Å². The Hall–Kier alpha value is -2.90. The molecule has 2 fully saturated rings. The second-order valence-corrected chi connectivity index (χ2v) is 10.6. The molecule has 0 radical (unpaired) electrons. The fourth-order valence-electron chi connectivity index (χ4n) is 4.66. The number of thiazole rings is 1. The third kappa shape index (κ3) is 6.16. The molecular formula is C23H32ClN7O5S. The number of hydrogen-bond donors (Lipinski definition) is 4. The molecule has 2 saturated heterocycles. The Morgan fingerprint density at radius 1 is 1.16 bits per heavy atom. The van der Waals surface area contributed by atoms with Crippen LogP contribution in [0.4, 0.5) is 9.93 Å². The van der Waals surface area contributed by atoms with Crippen LogP contribution in [0, 0.1) is 6.92 Å². The molecule has 3 amide bonds. The SMILES string of the molecule is CCc1[nH]c(C(=O)N[C@H]2CCN(c3nc(C)c(C(=O)NC4CCN(C(=O)O)CC4)s3)C[C@H]2OC)nc1Cl. The molecule has 4 rings (SSSR count). The zero-order chi connectivity index (χ0) is 26.7. The van der Waals surface area contributed by atoms with Crippen molar-refractivity contribution in [3.8, 4) is 0 Å². The van der Waals surface area contributed by atoms with Gasteiger partial charge in [-0.3, -0.25) is 9.59 Å². The van der Waals surface area contributed by atoms with E-state index < -0.39 is 6.09 Å². The van der Waals surface area contributed by atoms with E-state index in [0.29, 0.717) is 67.6 Å². The van der Waals surface area contributed by atoms with Crippen LogP contribution in [0.5, 0.6) is 0 Å². The van der Waals surface area contributed by atoms with Gasteiger partial charge in [-0.2, -0.15) is 0 Å². The van der Waals surface area contributed by atoms with Crippen LogP contribution in [-0.4, -0.2) is 94.3 Å². The first-order chi connectivity index (χ1) is 17.7. The fourth-order valence-corrected chi connectivity index (χ4v) is 5.93. The number of carboxylic acid groups (broad SMARTS) is 1. The number of aryl methyl sites for hydroxylation is 2. The lowest BCUT2D eigenvalue weighted by Gasteiger charge is -2.37. The number of nitrogens with zero attached hydrogens (tertiary/aromatic N) is 4. The van der Waals surface area contributed by atoms with Crippen molar-refractivity contribution in [3.05, 3.63) is 27.2 Å². The van der Waals surface area contributed by atoms with Crippen LogP contribution >= 0.6 is 22.9 Å². The molecular weight excluding hydrogens is 522 g/mol. The number of hydrogen-bond acceptors (Lipinski definition) is 8. The zero-order valence-corrected chi connectivity index (χ0v) is 22.6. The van der Waals surface area contributed by atoms with Crippen LogP contribution in [0.15, 0.2) is 0 Å². The molecule has 2 aromatic rings. The van der Waals surface area contributed by atoms with Gasteiger partial charge in [0.15, 0.2) is 16.1 Å². The van der Waals surface area contributed by atoms with E-state index in [-0.39, 0.29) is 35.8 Å². The minimum atomic E-state index is -0.929. The van der Waals surface area contributed by atoms with E-state index in [1.54, 1.807) is 7.11 Å². The third-order valence-electron chi connectivity index (χ3n) is 6.84. The zero-order valence-electron chi connectivity index (χ0n) is 21.0. The van der Waals surface area contributed by atoms with Crippen LogP contribution in [0.2, 0.25) is 5.15 Å². The van der Waals surface area contributed by atoms with Crippen LogP contribution in [0.25, 0.3) is 0 Å². The average Bonchev–Trinajstić information content (AvgIpc) is 3.46. The molecule has 202 valence electrons. The number of ether oxygens (including phenoxy) is 1. The minimum absolute atomic E-state index is 0.0669. The first kappa shape index (κ1) is 27.1. The van der Waals surface area contributed by atoms with Gasteiger partial charge >= 0.3 is 6.09 Å². The van der Waals surface area contributed by atoms with Crippen molar-refractivity contribution in [3.63, 3.8) is 0 Å². The summed E-state index contributed by atoms with van der Waals surface area (Å²) in [6.45, 7) is 5.68. The Morgan fingerprint density at radius 2 is 1.89 bits per heavy atom. The molecule has 0 spiro atoms. The molecule has 12 nitrogen and oxygen atoms in total. The van der Waals surface area contributed by atoms with Crippen molar-refractivity contribution < 1.29 is 24.2 Å². The predicted molar refractivity (Wildman–Crippen MR) is 139 cm³/mol. The number of carbonyl (C=O) groups excluding carboxylic acids is 2. The maximum absolute atomic E-state index is 12.9. The van der Waals surface area contributed by atoms with Crippen molar-refractivity contribution in [2.75, 3.05) is 38.2 Å². The molecule has 4 N–H and O–H groups in total. The minimum Gasteiger partial charge on any atom is -0.465 e. The first-order valence-electron chi connectivity index (χ1n) is 12.3. The quantitative estimate of drug-likeness (QED) is 0.407. The normalized spacial score (nSPS) is 20.6. The van der Waals surface area contributed by atoms with Crippen LogP contribution in [0.1, 0.15) is 57.9 Å². The maximum atomic E-state index is 12.9. The highest BCUT2D eigenvalue weighted by molar-refractivity contribution is 7.17. The van der Waals surface area contributed by atoms with E-state index in [4.69, 9.17) is 21.4 Å². The number of piperidine rings is 2. The number of nitrogens with one attached hydrogen (secondary N) is 3. The van der Waals surface area contributed by atoms with Crippen molar-refractivity contribution in [2.24, 2.45) is 0 Å². The Balaban J connectivity index is 1.35. The lowest BCUT2D eigenvalue weighted by atomic mass is 10.0. The summed E-state index contributed by atoms with van der Waals surface area (Å²) in [5.41, 5.74) is 1.36. The molecule has 0 bridgehead atoms. The van der Waals surface area contributed by atoms with Gasteiger partial charge in [0, 0.05) is 39.3 Å². The monoisotopic (exact) mass is 553 g/mol. The highest BCUT2D eigenvalue weighted by atomic mass is 35.5. The van der Waals surface area contributed by atoms with Gasteiger partial charge in [0.1, 0.15) is 4.88 Å². The summed E-state index contributed by atoms with van der Waals surface area (Å²) in [6, 6.07) is -0.286. The topological polar surface area (TPSA) is 153 Å². The largest absolute Gasteiger partial charge is 0.465 e. The number of rotatable bonds is 7. The fraction of sp³-hybridized carbons (Fsp3) is 0.609. The molecule has 0 aromatic carbocycles. The number of methoxy groups -OCH3 is 1. The molecule has 0 aliphatic carbocycles. The molecule has 4 heterocycles. The number of amides is 3. The molecule has 2 aliphatic heterocycles. The van der Waals surface area contributed by atoms with Crippen LogP contribution in [-0.2, 0) is 11.2 Å². The first-order valence-corrected chi connectivity index (χ1v) is 13.5. The molecule has 2 atom stereocenters. The summed E-state index contributed by atoms with van der Waals surface area (Å²) >= 11 is 7.40. The summed E-state index contributed by atoms with van der Waals surface area (Å²) in [6.07, 6.45) is 1.23. The highest BCUT2D eigenvalue weighted by Crippen LogP contribution is 2.29. The van der Waals surface area contributed by atoms with Gasteiger partial charge < -0.3 is 35.3 Å². The number of aromatic nitrogens is 3. The number of H-pyrrole nitrogens is 1. The Kier molecular flexibility index (Phi) is 8.55. The number of aromatic amines is 1. The number of likely N-dealkylation sites (tertiary alicyclic amines) is 1. The van der Waals surface area contributed by atoms with Gasteiger partial charge in [-0.25, -0.2) is 14.8 Å². The maximum Gasteiger partial charge on any atom is 0.407 e. The average molecular weight is 554 g/mol. The molecule has 14 heteroatoms. The number of halogens is 1. The smallest absolute Gasteiger partial charge is 0.407 e. The van der Waals surface area contributed by atoms with Crippen molar-refractivity contribution in [1.29, 1.82) is 0 Å². The van der Waals surface area contributed by atoms with E-state index in [9.17, 15) is 14.4 Å². The van der Waals surface area contributed by atoms with E-state index in [1.807, 2.05) is 13.8 Å². The third-order valence-corrected chi connectivity index (χ3v) is 8.37. The van der Waals surface area contributed by atoms with Crippen LogP contribution < -0.4 is 15.5 Å². The summed E-state index contributed by atoms with van der Waals surface area (Å²) in [4.78, 5) is 52.4. The molecule has 0 saturated carbocycles. The van der Waals surface area contributed by atoms with Gasteiger partial charge in [0.2, 0.25) is 0 Å². The Labute approximate surface area is 223 Å². The number of imidazole rings is 1. The van der Waals surface area contributed by atoms with Crippen molar-refractivity contribution in [1.82, 2.24) is 30.5 Å². The summed E-state index contributed by atoms with van der Waals surface area (Å²) in [5.74, 6) is -0.344. The highest BCUT2D eigenvalue weighted by Gasteiger charge is 2.33. The van der Waals surface area contributed by atoms with Crippen LogP contribution in [0.3, 0.4) is 0 Å². The Bertz CT molecular complexity index is 1150. The van der Waals surface area contributed by atoms with Gasteiger partial charge in [0.05, 0.1) is 23.5 Å². The van der Waals surface area contributed by atoms with Gasteiger partial charge in [-0.15, -0.1) is 0 Å². The second-order valence-electron chi connectivity index (χ2n) is 9.23. The van der Waals surface area contributed by atoms with Gasteiger partial charge in [0.25, 0.3) is 11.8 Å².